The Balaban J connectivity index is 1.88. The predicted molar refractivity (Wildman–Crippen MR) is 65.1 cm³/mol. The van der Waals surface area contributed by atoms with E-state index in [0.717, 1.165) is 18.4 Å². The maximum atomic E-state index is 11.8. The monoisotopic (exact) mass is 234 g/mol. The largest absolute Gasteiger partial charge is 0.396 e. The molecule has 2 rings (SSSR count). The van der Waals surface area contributed by atoms with Gasteiger partial charge in [0.1, 0.15) is 6.04 Å². The fourth-order valence-electron chi connectivity index (χ4n) is 1.76. The SMILES string of the molecule is N[C@@H](C(=O)NCC1(CO)CC1)c1ccccc1. The summed E-state index contributed by atoms with van der Waals surface area (Å²) in [6, 6.07) is 8.65. The first-order valence-electron chi connectivity index (χ1n) is 5.86. The Labute approximate surface area is 101 Å². The van der Waals surface area contributed by atoms with E-state index in [0.29, 0.717) is 6.54 Å². The van der Waals surface area contributed by atoms with Gasteiger partial charge in [-0.2, -0.15) is 0 Å². The lowest BCUT2D eigenvalue weighted by molar-refractivity contribution is -0.122. The molecule has 0 saturated heterocycles. The summed E-state index contributed by atoms with van der Waals surface area (Å²) in [5, 5.41) is 12.0. The van der Waals surface area contributed by atoms with Gasteiger partial charge in [-0.1, -0.05) is 30.3 Å². The molecule has 1 aromatic rings. The zero-order valence-electron chi connectivity index (χ0n) is 9.73. The van der Waals surface area contributed by atoms with Crippen LogP contribution in [-0.4, -0.2) is 24.2 Å². The molecule has 1 atom stereocenters. The summed E-state index contributed by atoms with van der Waals surface area (Å²) in [4.78, 5) is 11.8. The fourth-order valence-corrected chi connectivity index (χ4v) is 1.76. The van der Waals surface area contributed by atoms with E-state index in [4.69, 9.17) is 10.8 Å². The number of carbonyl (C=O) groups is 1. The molecule has 1 aliphatic carbocycles. The lowest BCUT2D eigenvalue weighted by Crippen LogP contribution is -2.38. The molecule has 0 heterocycles. The molecule has 1 saturated carbocycles. The lowest BCUT2D eigenvalue weighted by atomic mass is 10.1. The van der Waals surface area contributed by atoms with Gasteiger partial charge in [0.15, 0.2) is 0 Å². The summed E-state index contributed by atoms with van der Waals surface area (Å²) in [5.41, 5.74) is 6.58. The van der Waals surface area contributed by atoms with Crippen LogP contribution in [0.4, 0.5) is 0 Å². The smallest absolute Gasteiger partial charge is 0.241 e. The summed E-state index contributed by atoms with van der Waals surface area (Å²) >= 11 is 0. The summed E-state index contributed by atoms with van der Waals surface area (Å²) in [5.74, 6) is -0.184. The minimum atomic E-state index is -0.634. The quantitative estimate of drug-likeness (QED) is 0.697. The van der Waals surface area contributed by atoms with Gasteiger partial charge < -0.3 is 16.2 Å². The Morgan fingerprint density at radius 3 is 2.59 bits per heavy atom. The van der Waals surface area contributed by atoms with Gasteiger partial charge in [0.2, 0.25) is 5.91 Å². The zero-order chi connectivity index (χ0) is 12.3. The number of nitrogens with one attached hydrogen (secondary N) is 1. The highest BCUT2D eigenvalue weighted by Gasteiger charge is 2.42. The van der Waals surface area contributed by atoms with Gasteiger partial charge in [-0.15, -0.1) is 0 Å². The van der Waals surface area contributed by atoms with Crippen molar-refractivity contribution in [1.82, 2.24) is 5.32 Å². The highest BCUT2D eigenvalue weighted by Crippen LogP contribution is 2.44. The van der Waals surface area contributed by atoms with E-state index in [1.807, 2.05) is 30.3 Å². The zero-order valence-corrected chi connectivity index (χ0v) is 9.73. The third-order valence-electron chi connectivity index (χ3n) is 3.37. The summed E-state index contributed by atoms with van der Waals surface area (Å²) < 4.78 is 0. The number of aliphatic hydroxyl groups is 1. The van der Waals surface area contributed by atoms with Crippen molar-refractivity contribution in [3.8, 4) is 0 Å². The molecule has 1 amide bonds. The number of nitrogens with two attached hydrogens (primary N) is 1. The number of carbonyl (C=O) groups excluding carboxylic acids is 1. The van der Waals surface area contributed by atoms with Crippen LogP contribution >= 0.6 is 0 Å². The van der Waals surface area contributed by atoms with Gasteiger partial charge >= 0.3 is 0 Å². The predicted octanol–water partition coefficient (Wildman–Crippen LogP) is 0.575. The molecule has 0 aromatic heterocycles. The van der Waals surface area contributed by atoms with Crippen LogP contribution < -0.4 is 11.1 Å². The minimum Gasteiger partial charge on any atom is -0.396 e. The number of aliphatic hydroxyl groups excluding tert-OH is 1. The standard InChI is InChI=1S/C13H18N2O2/c14-11(10-4-2-1-3-5-10)12(17)15-8-13(9-16)6-7-13/h1-5,11,16H,6-9,14H2,(H,15,17)/t11-/m1/s1. The number of benzene rings is 1. The average Bonchev–Trinajstić information content (AvgIpc) is 3.17. The van der Waals surface area contributed by atoms with E-state index in [1.54, 1.807) is 0 Å². The first-order valence-corrected chi connectivity index (χ1v) is 5.86. The highest BCUT2D eigenvalue weighted by molar-refractivity contribution is 5.82. The molecule has 92 valence electrons. The van der Waals surface area contributed by atoms with Crippen LogP contribution in [0.3, 0.4) is 0 Å². The topological polar surface area (TPSA) is 75.4 Å². The van der Waals surface area contributed by atoms with E-state index < -0.39 is 6.04 Å². The van der Waals surface area contributed by atoms with Crippen molar-refractivity contribution in [3.63, 3.8) is 0 Å². The van der Waals surface area contributed by atoms with Crippen molar-refractivity contribution < 1.29 is 9.90 Å². The van der Waals surface area contributed by atoms with Crippen LogP contribution in [0.25, 0.3) is 0 Å². The third-order valence-corrected chi connectivity index (χ3v) is 3.37. The first kappa shape index (κ1) is 12.1. The summed E-state index contributed by atoms with van der Waals surface area (Å²) in [7, 11) is 0. The average molecular weight is 234 g/mol. The maximum Gasteiger partial charge on any atom is 0.241 e. The molecular formula is C13H18N2O2. The normalized spacial score (nSPS) is 18.5. The van der Waals surface area contributed by atoms with Gasteiger partial charge in [0.25, 0.3) is 0 Å². The maximum absolute atomic E-state index is 11.8. The van der Waals surface area contributed by atoms with Gasteiger partial charge in [-0.25, -0.2) is 0 Å². The van der Waals surface area contributed by atoms with E-state index >= 15 is 0 Å². The lowest BCUT2D eigenvalue weighted by Gasteiger charge is -2.16. The second-order valence-electron chi connectivity index (χ2n) is 4.76. The molecule has 0 aliphatic heterocycles. The van der Waals surface area contributed by atoms with E-state index in [9.17, 15) is 4.79 Å². The van der Waals surface area contributed by atoms with Crippen LogP contribution in [-0.2, 0) is 4.79 Å². The van der Waals surface area contributed by atoms with Crippen LogP contribution in [0.5, 0.6) is 0 Å². The molecule has 0 unspecified atom stereocenters. The minimum absolute atomic E-state index is 0.0773. The second-order valence-corrected chi connectivity index (χ2v) is 4.76. The molecule has 1 fully saturated rings. The molecule has 17 heavy (non-hydrogen) atoms. The van der Waals surface area contributed by atoms with Gasteiger partial charge in [0.05, 0.1) is 6.61 Å². The highest BCUT2D eigenvalue weighted by atomic mass is 16.3. The van der Waals surface area contributed by atoms with Crippen LogP contribution in [0.1, 0.15) is 24.4 Å². The van der Waals surface area contributed by atoms with Crippen molar-refractivity contribution in [2.45, 2.75) is 18.9 Å². The molecule has 4 nitrogen and oxygen atoms in total. The van der Waals surface area contributed by atoms with Crippen LogP contribution in [0, 0.1) is 5.41 Å². The Bertz CT molecular complexity index is 388. The Kier molecular flexibility index (Phi) is 3.45. The van der Waals surface area contributed by atoms with E-state index in [-0.39, 0.29) is 17.9 Å². The van der Waals surface area contributed by atoms with E-state index in [1.165, 1.54) is 0 Å². The number of amides is 1. The Morgan fingerprint density at radius 1 is 1.41 bits per heavy atom. The van der Waals surface area contributed by atoms with Gasteiger partial charge in [0, 0.05) is 12.0 Å². The molecule has 1 aliphatic rings. The Morgan fingerprint density at radius 2 is 2.06 bits per heavy atom. The number of rotatable bonds is 5. The van der Waals surface area contributed by atoms with E-state index in [2.05, 4.69) is 5.32 Å². The van der Waals surface area contributed by atoms with Crippen LogP contribution in [0.2, 0.25) is 0 Å². The van der Waals surface area contributed by atoms with Crippen molar-refractivity contribution in [2.24, 2.45) is 11.1 Å². The van der Waals surface area contributed by atoms with Crippen molar-refractivity contribution in [3.05, 3.63) is 35.9 Å². The number of hydrogen-bond donors (Lipinski definition) is 3. The Hall–Kier alpha value is -1.39. The van der Waals surface area contributed by atoms with Gasteiger partial charge in [-0.05, 0) is 18.4 Å². The van der Waals surface area contributed by atoms with Crippen molar-refractivity contribution in [2.75, 3.05) is 13.2 Å². The van der Waals surface area contributed by atoms with Crippen molar-refractivity contribution in [1.29, 1.82) is 0 Å². The van der Waals surface area contributed by atoms with Gasteiger partial charge in [-0.3, -0.25) is 4.79 Å². The first-order chi connectivity index (χ1) is 8.17. The molecule has 0 radical (unpaired) electrons. The molecule has 4 N–H and O–H groups in total. The summed E-state index contributed by atoms with van der Waals surface area (Å²) in [6.07, 6.45) is 1.95. The molecule has 1 aromatic carbocycles. The number of hydrogen-bond acceptors (Lipinski definition) is 3. The van der Waals surface area contributed by atoms with Crippen molar-refractivity contribution >= 4 is 5.91 Å². The summed E-state index contributed by atoms with van der Waals surface area (Å²) in [6.45, 7) is 0.650. The van der Waals surface area contributed by atoms with Crippen LogP contribution in [0.15, 0.2) is 30.3 Å². The molecule has 0 spiro atoms. The fraction of sp³-hybridized carbons (Fsp3) is 0.462. The molecule has 4 heteroatoms. The molecular weight excluding hydrogens is 216 g/mol. The molecule has 0 bridgehead atoms. The second kappa shape index (κ2) is 4.85. The third kappa shape index (κ3) is 2.84.